The van der Waals surface area contributed by atoms with Crippen LogP contribution in [0.4, 0.5) is 0 Å². The lowest BCUT2D eigenvalue weighted by molar-refractivity contribution is 0.398. The van der Waals surface area contributed by atoms with Gasteiger partial charge in [0.15, 0.2) is 5.11 Å². The Labute approximate surface area is 137 Å². The van der Waals surface area contributed by atoms with Crippen molar-refractivity contribution in [3.63, 3.8) is 0 Å². The molecule has 0 aromatic heterocycles. The van der Waals surface area contributed by atoms with Gasteiger partial charge in [-0.25, -0.2) is 0 Å². The fourth-order valence-corrected chi connectivity index (χ4v) is 2.49. The first-order chi connectivity index (χ1) is 10.7. The van der Waals surface area contributed by atoms with E-state index in [0.29, 0.717) is 0 Å². The van der Waals surface area contributed by atoms with Crippen LogP contribution in [0.15, 0.2) is 54.6 Å². The van der Waals surface area contributed by atoms with Crippen molar-refractivity contribution in [2.45, 2.75) is 20.0 Å². The van der Waals surface area contributed by atoms with Crippen molar-refractivity contribution in [3.8, 4) is 5.75 Å². The number of nitrogens with one attached hydrogen (secondary N) is 1. The minimum absolute atomic E-state index is 0.769. The van der Waals surface area contributed by atoms with Gasteiger partial charge >= 0.3 is 0 Å². The number of benzene rings is 2. The molecule has 0 heterocycles. The predicted octanol–water partition coefficient (Wildman–Crippen LogP) is 3.59. The van der Waals surface area contributed by atoms with Gasteiger partial charge in [-0.2, -0.15) is 0 Å². The zero-order chi connectivity index (χ0) is 15.8. The first-order valence-electron chi connectivity index (χ1n) is 7.42. The second-order valence-corrected chi connectivity index (χ2v) is 5.41. The van der Waals surface area contributed by atoms with Crippen LogP contribution in [0, 0.1) is 0 Å². The van der Waals surface area contributed by atoms with Crippen molar-refractivity contribution in [3.05, 3.63) is 65.7 Å². The Morgan fingerprint density at radius 3 is 2.14 bits per heavy atom. The highest BCUT2D eigenvalue weighted by Crippen LogP contribution is 2.15. The first kappa shape index (κ1) is 16.3. The van der Waals surface area contributed by atoms with Gasteiger partial charge in [-0.15, -0.1) is 0 Å². The van der Waals surface area contributed by atoms with Crippen molar-refractivity contribution in [1.29, 1.82) is 0 Å². The molecule has 0 fully saturated rings. The Morgan fingerprint density at radius 2 is 1.59 bits per heavy atom. The van der Waals surface area contributed by atoms with E-state index in [0.717, 1.165) is 30.5 Å². The zero-order valence-electron chi connectivity index (χ0n) is 13.1. The van der Waals surface area contributed by atoms with Crippen LogP contribution >= 0.6 is 12.2 Å². The van der Waals surface area contributed by atoms with Gasteiger partial charge in [0, 0.05) is 19.6 Å². The minimum atomic E-state index is 0.769. The van der Waals surface area contributed by atoms with Crippen LogP contribution < -0.4 is 10.1 Å². The summed E-state index contributed by atoms with van der Waals surface area (Å²) in [5, 5.41) is 4.02. The summed E-state index contributed by atoms with van der Waals surface area (Å²) in [4.78, 5) is 2.18. The Balaban J connectivity index is 2.11. The maximum Gasteiger partial charge on any atom is 0.169 e. The molecule has 116 valence electrons. The molecule has 3 nitrogen and oxygen atoms in total. The van der Waals surface area contributed by atoms with Gasteiger partial charge < -0.3 is 15.0 Å². The zero-order valence-corrected chi connectivity index (χ0v) is 13.9. The molecule has 2 aromatic rings. The van der Waals surface area contributed by atoms with Gasteiger partial charge in [0.05, 0.1) is 7.11 Å². The van der Waals surface area contributed by atoms with Crippen LogP contribution in [0.2, 0.25) is 0 Å². The average molecular weight is 314 g/mol. The molecule has 0 radical (unpaired) electrons. The molecule has 1 N–H and O–H groups in total. The van der Waals surface area contributed by atoms with Gasteiger partial charge in [0.1, 0.15) is 5.75 Å². The maximum atomic E-state index is 5.51. The highest BCUT2D eigenvalue weighted by molar-refractivity contribution is 7.80. The number of ether oxygens (including phenoxy) is 1. The number of hydrogen-bond donors (Lipinski definition) is 1. The van der Waals surface area contributed by atoms with Gasteiger partial charge in [-0.3, -0.25) is 0 Å². The molecule has 0 spiro atoms. The maximum absolute atomic E-state index is 5.51. The molecular weight excluding hydrogens is 292 g/mol. The summed E-state index contributed by atoms with van der Waals surface area (Å²) in [5.41, 5.74) is 2.45. The average Bonchev–Trinajstić information content (AvgIpc) is 2.56. The molecule has 0 aliphatic heterocycles. The topological polar surface area (TPSA) is 24.5 Å². The Kier molecular flexibility index (Phi) is 6.22. The molecule has 0 unspecified atom stereocenters. The molecule has 0 saturated heterocycles. The van der Waals surface area contributed by atoms with Crippen LogP contribution in [0.25, 0.3) is 0 Å². The van der Waals surface area contributed by atoms with Crippen LogP contribution in [-0.2, 0) is 13.1 Å². The molecular formula is C18H22N2OS. The van der Waals surface area contributed by atoms with Crippen LogP contribution in [0.1, 0.15) is 18.1 Å². The second kappa shape index (κ2) is 8.39. The standard InChI is InChI=1S/C18H22N2OS/c1-3-19-18(22)20(13-15-7-5-4-6-8-15)14-16-9-11-17(21-2)12-10-16/h4-12H,3,13-14H2,1-2H3,(H,19,22). The number of hydrogen-bond acceptors (Lipinski definition) is 2. The summed E-state index contributed by atoms with van der Waals surface area (Å²) in [6.07, 6.45) is 0. The smallest absolute Gasteiger partial charge is 0.169 e. The molecule has 2 rings (SSSR count). The van der Waals surface area contributed by atoms with Crippen molar-refractivity contribution >= 4 is 17.3 Å². The first-order valence-corrected chi connectivity index (χ1v) is 7.83. The van der Waals surface area contributed by atoms with Crippen molar-refractivity contribution in [2.75, 3.05) is 13.7 Å². The third-order valence-corrected chi connectivity index (χ3v) is 3.77. The van der Waals surface area contributed by atoms with Crippen LogP contribution in [-0.4, -0.2) is 23.7 Å². The minimum Gasteiger partial charge on any atom is -0.497 e. The fourth-order valence-electron chi connectivity index (χ4n) is 2.22. The normalized spacial score (nSPS) is 10.1. The van der Waals surface area contributed by atoms with Crippen LogP contribution in [0.3, 0.4) is 0 Å². The molecule has 0 atom stereocenters. The summed E-state index contributed by atoms with van der Waals surface area (Å²) < 4.78 is 5.20. The monoisotopic (exact) mass is 314 g/mol. The SMILES string of the molecule is CCNC(=S)N(Cc1ccccc1)Cc1ccc(OC)cc1. The molecule has 0 aliphatic carbocycles. The third kappa shape index (κ3) is 4.74. The lowest BCUT2D eigenvalue weighted by Gasteiger charge is -2.26. The van der Waals surface area contributed by atoms with E-state index in [1.54, 1.807) is 7.11 Å². The Hall–Kier alpha value is -2.07. The van der Waals surface area contributed by atoms with E-state index in [-0.39, 0.29) is 0 Å². The lowest BCUT2D eigenvalue weighted by Crippen LogP contribution is -2.38. The highest BCUT2D eigenvalue weighted by atomic mass is 32.1. The Bertz CT molecular complexity index is 584. The molecule has 0 saturated carbocycles. The van der Waals surface area contributed by atoms with E-state index in [2.05, 4.69) is 53.5 Å². The van der Waals surface area contributed by atoms with Gasteiger partial charge in [-0.05, 0) is 42.4 Å². The number of thiocarbonyl (C=S) groups is 1. The van der Waals surface area contributed by atoms with Gasteiger partial charge in [-0.1, -0.05) is 42.5 Å². The predicted molar refractivity (Wildman–Crippen MR) is 95.0 cm³/mol. The van der Waals surface area contributed by atoms with E-state index in [9.17, 15) is 0 Å². The van der Waals surface area contributed by atoms with E-state index in [4.69, 9.17) is 17.0 Å². The Morgan fingerprint density at radius 1 is 1.00 bits per heavy atom. The third-order valence-electron chi connectivity index (χ3n) is 3.36. The quantitative estimate of drug-likeness (QED) is 0.824. The van der Waals surface area contributed by atoms with Crippen molar-refractivity contribution < 1.29 is 4.74 Å². The molecule has 22 heavy (non-hydrogen) atoms. The molecule has 2 aromatic carbocycles. The largest absolute Gasteiger partial charge is 0.497 e. The number of nitrogens with zero attached hydrogens (tertiary/aromatic N) is 1. The van der Waals surface area contributed by atoms with Crippen LogP contribution in [0.5, 0.6) is 5.75 Å². The lowest BCUT2D eigenvalue weighted by atomic mass is 10.1. The van der Waals surface area contributed by atoms with E-state index in [1.165, 1.54) is 11.1 Å². The highest BCUT2D eigenvalue weighted by Gasteiger charge is 2.10. The van der Waals surface area contributed by atoms with E-state index >= 15 is 0 Å². The second-order valence-electron chi connectivity index (χ2n) is 5.03. The summed E-state index contributed by atoms with van der Waals surface area (Å²) >= 11 is 5.51. The summed E-state index contributed by atoms with van der Waals surface area (Å²) in [6.45, 7) is 4.44. The number of methoxy groups -OCH3 is 1. The van der Waals surface area contributed by atoms with Crippen molar-refractivity contribution in [1.82, 2.24) is 10.2 Å². The van der Waals surface area contributed by atoms with Crippen molar-refractivity contribution in [2.24, 2.45) is 0 Å². The molecule has 0 amide bonds. The summed E-state index contributed by atoms with van der Waals surface area (Å²) in [7, 11) is 1.68. The number of rotatable bonds is 6. The van der Waals surface area contributed by atoms with Gasteiger partial charge in [0.2, 0.25) is 0 Å². The molecule has 4 heteroatoms. The molecule has 0 aliphatic rings. The fraction of sp³-hybridized carbons (Fsp3) is 0.278. The summed E-state index contributed by atoms with van der Waals surface area (Å²) in [6, 6.07) is 18.5. The van der Waals surface area contributed by atoms with E-state index < -0.39 is 0 Å². The summed E-state index contributed by atoms with van der Waals surface area (Å²) in [5.74, 6) is 0.868. The van der Waals surface area contributed by atoms with Gasteiger partial charge in [0.25, 0.3) is 0 Å². The van der Waals surface area contributed by atoms with E-state index in [1.807, 2.05) is 18.2 Å². The molecule has 0 bridgehead atoms.